The fourth-order valence-corrected chi connectivity index (χ4v) is 8.17. The molecule has 1 aliphatic heterocycles. The molecule has 2 aromatic rings. The number of imidazole rings is 1. The number of aromatic nitrogens is 2. The van der Waals surface area contributed by atoms with E-state index in [-0.39, 0.29) is 6.10 Å². The van der Waals surface area contributed by atoms with Gasteiger partial charge >= 0.3 is 0 Å². The first-order valence-corrected chi connectivity index (χ1v) is 12.5. The van der Waals surface area contributed by atoms with Gasteiger partial charge in [-0.15, -0.1) is 0 Å². The van der Waals surface area contributed by atoms with Gasteiger partial charge in [0.15, 0.2) is 0 Å². The van der Waals surface area contributed by atoms with Crippen LogP contribution in [0.2, 0.25) is 0 Å². The SMILES string of the molecule is OC(CN1CCC(O)(Cn2cnc3ccccc32)CC1)CC12CC3CC(CC(C3)C1)C2. The van der Waals surface area contributed by atoms with Crippen LogP contribution in [0.5, 0.6) is 0 Å². The van der Waals surface area contributed by atoms with E-state index < -0.39 is 5.60 Å². The van der Waals surface area contributed by atoms with Gasteiger partial charge in [0.05, 0.1) is 35.6 Å². The Kier molecular flexibility index (Phi) is 4.93. The van der Waals surface area contributed by atoms with E-state index in [9.17, 15) is 10.2 Å². The molecular weight excluding hydrogens is 386 g/mol. The molecule has 31 heavy (non-hydrogen) atoms. The summed E-state index contributed by atoms with van der Waals surface area (Å²) >= 11 is 0. The van der Waals surface area contributed by atoms with Crippen LogP contribution in [0, 0.1) is 23.2 Å². The van der Waals surface area contributed by atoms with Crippen LogP contribution in [0.4, 0.5) is 0 Å². The minimum atomic E-state index is -0.690. The van der Waals surface area contributed by atoms with Crippen molar-refractivity contribution >= 4 is 11.0 Å². The quantitative estimate of drug-likeness (QED) is 0.741. The standard InChI is InChI=1S/C26H37N3O2/c30-22(15-25-12-19-9-20(13-25)11-21(10-19)14-25)16-28-7-5-26(31,6-8-28)17-29-18-27-23-3-1-2-4-24(23)29/h1-4,18-22,30-31H,5-17H2. The van der Waals surface area contributed by atoms with Gasteiger partial charge in [-0.2, -0.15) is 0 Å². The number of hydrogen-bond donors (Lipinski definition) is 2. The summed E-state index contributed by atoms with van der Waals surface area (Å²) in [5.74, 6) is 2.84. The molecular formula is C26H37N3O2. The van der Waals surface area contributed by atoms with Crippen molar-refractivity contribution in [2.24, 2.45) is 23.2 Å². The van der Waals surface area contributed by atoms with Crippen LogP contribution in [0.3, 0.4) is 0 Å². The van der Waals surface area contributed by atoms with Gasteiger partial charge in [0.25, 0.3) is 0 Å². The summed E-state index contributed by atoms with van der Waals surface area (Å²) in [4.78, 5) is 6.85. The maximum absolute atomic E-state index is 11.2. The molecule has 0 amide bonds. The normalized spacial score (nSPS) is 35.6. The number of aliphatic hydroxyl groups is 2. The predicted molar refractivity (Wildman–Crippen MR) is 122 cm³/mol. The van der Waals surface area contributed by atoms with Crippen molar-refractivity contribution < 1.29 is 10.2 Å². The fourth-order valence-electron chi connectivity index (χ4n) is 8.17. The van der Waals surface area contributed by atoms with Crippen molar-refractivity contribution in [1.82, 2.24) is 14.5 Å². The second-order valence-corrected chi connectivity index (χ2v) is 11.7. The molecule has 168 valence electrons. The second-order valence-electron chi connectivity index (χ2n) is 11.7. The van der Waals surface area contributed by atoms with Crippen LogP contribution in [0.15, 0.2) is 30.6 Å². The lowest BCUT2D eigenvalue weighted by Crippen LogP contribution is -2.50. The third-order valence-electron chi connectivity index (χ3n) is 9.08. The number of likely N-dealkylation sites (tertiary alicyclic amines) is 1. The van der Waals surface area contributed by atoms with E-state index in [0.717, 1.165) is 67.7 Å². The first-order valence-electron chi connectivity index (χ1n) is 12.5. The van der Waals surface area contributed by atoms with E-state index in [4.69, 9.17) is 0 Å². The number of piperidine rings is 1. The second kappa shape index (κ2) is 7.57. The highest BCUT2D eigenvalue weighted by Gasteiger charge is 2.51. The monoisotopic (exact) mass is 423 g/mol. The predicted octanol–water partition coefficient (Wildman–Crippen LogP) is 3.83. The molecule has 1 saturated heterocycles. The summed E-state index contributed by atoms with van der Waals surface area (Å²) in [5.41, 5.74) is 1.82. The lowest BCUT2D eigenvalue weighted by molar-refractivity contribution is -0.0840. The summed E-state index contributed by atoms with van der Waals surface area (Å²) in [5, 5.41) is 22.2. The number of para-hydroxylation sites is 2. The zero-order chi connectivity index (χ0) is 21.1. The van der Waals surface area contributed by atoms with Crippen LogP contribution in [-0.2, 0) is 6.54 Å². The van der Waals surface area contributed by atoms with Crippen molar-refractivity contribution in [2.45, 2.75) is 76.0 Å². The topological polar surface area (TPSA) is 61.5 Å². The van der Waals surface area contributed by atoms with Crippen molar-refractivity contribution in [1.29, 1.82) is 0 Å². The summed E-state index contributed by atoms with van der Waals surface area (Å²) in [6.07, 6.45) is 12.6. The van der Waals surface area contributed by atoms with E-state index >= 15 is 0 Å². The molecule has 4 saturated carbocycles. The Morgan fingerprint density at radius 1 is 1.00 bits per heavy atom. The molecule has 1 aromatic heterocycles. The molecule has 0 radical (unpaired) electrons. The molecule has 1 atom stereocenters. The zero-order valence-electron chi connectivity index (χ0n) is 18.6. The minimum Gasteiger partial charge on any atom is -0.392 e. The van der Waals surface area contributed by atoms with E-state index in [2.05, 4.69) is 20.5 Å². The first-order chi connectivity index (χ1) is 15.0. The van der Waals surface area contributed by atoms with Gasteiger partial charge < -0.3 is 19.7 Å². The molecule has 2 heterocycles. The summed E-state index contributed by atoms with van der Waals surface area (Å²) in [6, 6.07) is 8.12. The average molecular weight is 424 g/mol. The number of benzene rings is 1. The van der Waals surface area contributed by atoms with E-state index in [1.165, 1.54) is 38.5 Å². The molecule has 5 fully saturated rings. The summed E-state index contributed by atoms with van der Waals surface area (Å²) in [6.45, 7) is 3.09. The highest BCUT2D eigenvalue weighted by Crippen LogP contribution is 2.61. The lowest BCUT2D eigenvalue weighted by atomic mass is 9.48. The molecule has 4 bridgehead atoms. The number of aliphatic hydroxyl groups excluding tert-OH is 1. The molecule has 5 heteroatoms. The molecule has 5 nitrogen and oxygen atoms in total. The van der Waals surface area contributed by atoms with Crippen molar-refractivity contribution in [3.63, 3.8) is 0 Å². The number of nitrogens with zero attached hydrogens (tertiary/aromatic N) is 3. The Morgan fingerprint density at radius 2 is 1.65 bits per heavy atom. The lowest BCUT2D eigenvalue weighted by Gasteiger charge is -2.57. The first kappa shape index (κ1) is 20.2. The van der Waals surface area contributed by atoms with E-state index in [1.807, 2.05) is 24.5 Å². The number of rotatable bonds is 6. The highest BCUT2D eigenvalue weighted by atomic mass is 16.3. The minimum absolute atomic E-state index is 0.222. The summed E-state index contributed by atoms with van der Waals surface area (Å²) in [7, 11) is 0. The van der Waals surface area contributed by atoms with Gasteiger partial charge in [-0.1, -0.05) is 12.1 Å². The molecule has 0 spiro atoms. The Morgan fingerprint density at radius 3 is 2.32 bits per heavy atom. The van der Waals surface area contributed by atoms with E-state index in [1.54, 1.807) is 0 Å². The maximum atomic E-state index is 11.2. The highest BCUT2D eigenvalue weighted by molar-refractivity contribution is 5.74. The number of fused-ring (bicyclic) bond motifs is 1. The molecule has 4 aliphatic carbocycles. The third kappa shape index (κ3) is 3.94. The number of β-amino-alcohol motifs (C(OH)–C–C–N with tert-alkyl or cyclic N) is 1. The van der Waals surface area contributed by atoms with Crippen molar-refractivity contribution in [3.05, 3.63) is 30.6 Å². The Hall–Kier alpha value is -1.43. The van der Waals surface area contributed by atoms with Crippen molar-refractivity contribution in [3.8, 4) is 0 Å². The van der Waals surface area contributed by atoms with E-state index in [0.29, 0.717) is 12.0 Å². The largest absolute Gasteiger partial charge is 0.392 e. The van der Waals surface area contributed by atoms with Gasteiger partial charge in [-0.3, -0.25) is 0 Å². The van der Waals surface area contributed by atoms with Gasteiger partial charge in [-0.05, 0) is 93.1 Å². The van der Waals surface area contributed by atoms with Gasteiger partial charge in [-0.25, -0.2) is 4.98 Å². The Balaban J connectivity index is 1.03. The fraction of sp³-hybridized carbons (Fsp3) is 0.731. The molecule has 7 rings (SSSR count). The number of hydrogen-bond acceptors (Lipinski definition) is 4. The molecule has 5 aliphatic rings. The van der Waals surface area contributed by atoms with Gasteiger partial charge in [0.1, 0.15) is 0 Å². The maximum Gasteiger partial charge on any atom is 0.0959 e. The van der Waals surface area contributed by atoms with Crippen LogP contribution in [-0.4, -0.2) is 56.0 Å². The third-order valence-corrected chi connectivity index (χ3v) is 9.08. The average Bonchev–Trinajstić information content (AvgIpc) is 3.11. The Bertz CT molecular complexity index is 894. The molecule has 2 N–H and O–H groups in total. The van der Waals surface area contributed by atoms with Crippen molar-refractivity contribution in [2.75, 3.05) is 19.6 Å². The van der Waals surface area contributed by atoms with Gasteiger partial charge in [0, 0.05) is 19.6 Å². The Labute approximate surface area is 185 Å². The van der Waals surface area contributed by atoms with Crippen LogP contribution >= 0.6 is 0 Å². The van der Waals surface area contributed by atoms with Crippen LogP contribution in [0.25, 0.3) is 11.0 Å². The van der Waals surface area contributed by atoms with Crippen LogP contribution in [0.1, 0.15) is 57.8 Å². The molecule has 1 aromatic carbocycles. The smallest absolute Gasteiger partial charge is 0.0959 e. The summed E-state index contributed by atoms with van der Waals surface area (Å²) < 4.78 is 2.09. The zero-order valence-corrected chi connectivity index (χ0v) is 18.6. The molecule has 1 unspecified atom stereocenters. The van der Waals surface area contributed by atoms with Gasteiger partial charge in [0.2, 0.25) is 0 Å². The van der Waals surface area contributed by atoms with Crippen LogP contribution < -0.4 is 0 Å².